The summed E-state index contributed by atoms with van der Waals surface area (Å²) in [4.78, 5) is 0.340. The summed E-state index contributed by atoms with van der Waals surface area (Å²) >= 11 is 0. The lowest BCUT2D eigenvalue weighted by molar-refractivity contribution is 0.309. The van der Waals surface area contributed by atoms with E-state index in [4.69, 9.17) is 4.74 Å². The molecular formula is C26H31NO3S. The fraction of sp³-hybridized carbons (Fsp3) is 0.385. The smallest absolute Gasteiger partial charge is 0.240 e. The van der Waals surface area contributed by atoms with Crippen LogP contribution in [0.5, 0.6) is 5.75 Å². The Kier molecular flexibility index (Phi) is 6.93. The number of ether oxygens (including phenoxy) is 1. The molecule has 0 bridgehead atoms. The molecule has 0 aliphatic heterocycles. The van der Waals surface area contributed by atoms with Gasteiger partial charge in [0.15, 0.2) is 0 Å². The first-order valence-corrected chi connectivity index (χ1v) is 12.8. The second-order valence-corrected chi connectivity index (χ2v) is 10.2. The summed E-state index contributed by atoms with van der Waals surface area (Å²) in [6, 6.07) is 21.6. The number of nitrogens with one attached hydrogen (secondary N) is 1. The van der Waals surface area contributed by atoms with Crippen LogP contribution in [-0.4, -0.2) is 21.1 Å². The van der Waals surface area contributed by atoms with Crippen LogP contribution in [0.15, 0.2) is 71.6 Å². The first-order chi connectivity index (χ1) is 15.0. The lowest BCUT2D eigenvalue weighted by atomic mass is 9.82. The standard InChI is InChI=1S/C26H31NO3S/c1-2-3-18-30-25-15-10-22(11-16-25)21-8-13-24(14-9-21)27-31(28,29)26-17-12-20-6-4-5-7-23(20)19-26/h4-7,10-12,15-17,19,21,24,27H,2-3,8-9,13-14,18H2,1H3. The predicted molar refractivity (Wildman–Crippen MR) is 126 cm³/mol. The van der Waals surface area contributed by atoms with Crippen LogP contribution in [-0.2, 0) is 10.0 Å². The van der Waals surface area contributed by atoms with Gasteiger partial charge in [-0.15, -0.1) is 0 Å². The summed E-state index contributed by atoms with van der Waals surface area (Å²) in [5.41, 5.74) is 1.32. The summed E-state index contributed by atoms with van der Waals surface area (Å²) in [6.45, 7) is 2.92. The van der Waals surface area contributed by atoms with Crippen LogP contribution in [0.1, 0.15) is 56.9 Å². The molecule has 0 radical (unpaired) electrons. The Labute approximate surface area is 185 Å². The predicted octanol–water partition coefficient (Wildman–Crippen LogP) is 6.02. The number of hydrogen-bond acceptors (Lipinski definition) is 3. The lowest BCUT2D eigenvalue weighted by Gasteiger charge is -2.29. The Morgan fingerprint density at radius 2 is 1.61 bits per heavy atom. The van der Waals surface area contributed by atoms with Gasteiger partial charge in [0.25, 0.3) is 0 Å². The molecule has 1 aliphatic carbocycles. The normalized spacial score (nSPS) is 19.4. The van der Waals surface area contributed by atoms with Crippen molar-refractivity contribution < 1.29 is 13.2 Å². The molecule has 3 aromatic rings. The van der Waals surface area contributed by atoms with Gasteiger partial charge in [-0.05, 0) is 78.6 Å². The topological polar surface area (TPSA) is 55.4 Å². The van der Waals surface area contributed by atoms with E-state index in [0.29, 0.717) is 10.8 Å². The molecule has 0 amide bonds. The maximum atomic E-state index is 12.9. The molecule has 0 heterocycles. The van der Waals surface area contributed by atoms with E-state index < -0.39 is 10.0 Å². The van der Waals surface area contributed by atoms with Crippen molar-refractivity contribution in [2.24, 2.45) is 0 Å². The Morgan fingerprint density at radius 3 is 2.32 bits per heavy atom. The third-order valence-electron chi connectivity index (χ3n) is 6.20. The van der Waals surface area contributed by atoms with Crippen LogP contribution in [0.25, 0.3) is 10.8 Å². The molecule has 0 saturated heterocycles. The van der Waals surface area contributed by atoms with E-state index in [2.05, 4.69) is 35.9 Å². The van der Waals surface area contributed by atoms with Crippen molar-refractivity contribution in [3.05, 3.63) is 72.3 Å². The largest absolute Gasteiger partial charge is 0.494 e. The second kappa shape index (κ2) is 9.84. The molecule has 1 fully saturated rings. The Morgan fingerprint density at radius 1 is 0.903 bits per heavy atom. The second-order valence-electron chi connectivity index (χ2n) is 8.45. The molecule has 0 spiro atoms. The average Bonchev–Trinajstić information content (AvgIpc) is 2.80. The van der Waals surface area contributed by atoms with E-state index in [-0.39, 0.29) is 6.04 Å². The Balaban J connectivity index is 1.34. The molecule has 5 heteroatoms. The third kappa shape index (κ3) is 5.46. The molecule has 3 aromatic carbocycles. The minimum absolute atomic E-state index is 0.00984. The highest BCUT2D eigenvalue weighted by molar-refractivity contribution is 7.89. The van der Waals surface area contributed by atoms with Gasteiger partial charge in [-0.2, -0.15) is 0 Å². The highest BCUT2D eigenvalue weighted by Crippen LogP contribution is 2.34. The van der Waals surface area contributed by atoms with E-state index in [9.17, 15) is 8.42 Å². The van der Waals surface area contributed by atoms with Crippen molar-refractivity contribution in [2.45, 2.75) is 62.3 Å². The number of unbranched alkanes of at least 4 members (excludes halogenated alkanes) is 1. The summed E-state index contributed by atoms with van der Waals surface area (Å²) in [5, 5.41) is 1.99. The highest BCUT2D eigenvalue weighted by atomic mass is 32.2. The van der Waals surface area contributed by atoms with Gasteiger partial charge in [-0.25, -0.2) is 13.1 Å². The first kappa shape index (κ1) is 21.8. The molecule has 1 aliphatic rings. The van der Waals surface area contributed by atoms with Gasteiger partial charge in [0, 0.05) is 6.04 Å². The molecule has 0 atom stereocenters. The van der Waals surface area contributed by atoms with Crippen molar-refractivity contribution >= 4 is 20.8 Å². The molecular weight excluding hydrogens is 406 g/mol. The average molecular weight is 438 g/mol. The van der Waals surface area contributed by atoms with Gasteiger partial charge in [-0.1, -0.05) is 55.8 Å². The Bertz CT molecular complexity index is 1100. The highest BCUT2D eigenvalue weighted by Gasteiger charge is 2.26. The molecule has 164 valence electrons. The van der Waals surface area contributed by atoms with Crippen molar-refractivity contribution in [2.75, 3.05) is 6.61 Å². The van der Waals surface area contributed by atoms with E-state index >= 15 is 0 Å². The van der Waals surface area contributed by atoms with Crippen molar-refractivity contribution in [1.29, 1.82) is 0 Å². The van der Waals surface area contributed by atoms with Crippen LogP contribution < -0.4 is 9.46 Å². The molecule has 4 rings (SSSR count). The minimum Gasteiger partial charge on any atom is -0.494 e. The van der Waals surface area contributed by atoms with Gasteiger partial charge < -0.3 is 4.74 Å². The van der Waals surface area contributed by atoms with E-state index in [0.717, 1.165) is 61.7 Å². The first-order valence-electron chi connectivity index (χ1n) is 11.3. The van der Waals surface area contributed by atoms with Gasteiger partial charge in [0.05, 0.1) is 11.5 Å². The van der Waals surface area contributed by atoms with Gasteiger partial charge in [0.2, 0.25) is 10.0 Å². The zero-order chi connectivity index (χ0) is 21.7. The molecule has 31 heavy (non-hydrogen) atoms. The number of sulfonamides is 1. The molecule has 4 nitrogen and oxygen atoms in total. The molecule has 0 unspecified atom stereocenters. The number of fused-ring (bicyclic) bond motifs is 1. The molecule has 1 saturated carbocycles. The van der Waals surface area contributed by atoms with Crippen molar-refractivity contribution in [3.63, 3.8) is 0 Å². The van der Waals surface area contributed by atoms with Crippen LogP contribution >= 0.6 is 0 Å². The number of hydrogen-bond donors (Lipinski definition) is 1. The van der Waals surface area contributed by atoms with Crippen LogP contribution in [0.4, 0.5) is 0 Å². The summed E-state index contributed by atoms with van der Waals surface area (Å²) in [6.07, 6.45) is 5.88. The van der Waals surface area contributed by atoms with Crippen molar-refractivity contribution in [3.8, 4) is 5.75 Å². The van der Waals surface area contributed by atoms with Gasteiger partial charge >= 0.3 is 0 Å². The van der Waals surface area contributed by atoms with E-state index in [1.54, 1.807) is 12.1 Å². The maximum Gasteiger partial charge on any atom is 0.240 e. The summed E-state index contributed by atoms with van der Waals surface area (Å²) in [7, 11) is -3.52. The SMILES string of the molecule is CCCCOc1ccc(C2CCC(NS(=O)(=O)c3ccc4ccccc4c3)CC2)cc1. The zero-order valence-corrected chi connectivity index (χ0v) is 18.9. The van der Waals surface area contributed by atoms with Gasteiger partial charge in [-0.3, -0.25) is 0 Å². The fourth-order valence-electron chi connectivity index (χ4n) is 4.34. The maximum absolute atomic E-state index is 12.9. The zero-order valence-electron chi connectivity index (χ0n) is 18.1. The quantitative estimate of drug-likeness (QED) is 0.438. The number of rotatable bonds is 8. The monoisotopic (exact) mass is 437 g/mol. The minimum atomic E-state index is -3.52. The van der Waals surface area contributed by atoms with Crippen LogP contribution in [0, 0.1) is 0 Å². The van der Waals surface area contributed by atoms with E-state index in [1.165, 1.54) is 5.56 Å². The molecule has 1 N–H and O–H groups in total. The van der Waals surface area contributed by atoms with Crippen molar-refractivity contribution in [1.82, 2.24) is 4.72 Å². The molecule has 0 aromatic heterocycles. The van der Waals surface area contributed by atoms with Gasteiger partial charge in [0.1, 0.15) is 5.75 Å². The van der Waals surface area contributed by atoms with E-state index in [1.807, 2.05) is 30.3 Å². The van der Waals surface area contributed by atoms with Crippen LogP contribution in [0.3, 0.4) is 0 Å². The third-order valence-corrected chi connectivity index (χ3v) is 7.72. The van der Waals surface area contributed by atoms with Crippen LogP contribution in [0.2, 0.25) is 0 Å². The summed E-state index contributed by atoms with van der Waals surface area (Å²) < 4.78 is 34.5. The lowest BCUT2D eigenvalue weighted by Crippen LogP contribution is -2.37. The summed E-state index contributed by atoms with van der Waals surface area (Å²) in [5.74, 6) is 1.40. The Hall–Kier alpha value is -2.37. The number of benzene rings is 3. The fourth-order valence-corrected chi connectivity index (χ4v) is 5.68.